The van der Waals surface area contributed by atoms with Gasteiger partial charge in [0.05, 0.1) is 5.69 Å². The average molecular weight is 389 g/mol. The van der Waals surface area contributed by atoms with Gasteiger partial charge in [-0.25, -0.2) is 0 Å². The number of hydrogen-bond donors (Lipinski definition) is 1. The lowest BCUT2D eigenvalue weighted by molar-refractivity contribution is 0.474. The number of aromatic hydroxyl groups is 1. The molecular formula is C25H28NOP. The molecule has 0 aliphatic rings. The Balaban J connectivity index is 2.02. The van der Waals surface area contributed by atoms with Gasteiger partial charge in [-0.2, -0.15) is 0 Å². The molecule has 0 saturated heterocycles. The molecule has 0 radical (unpaired) electrons. The Morgan fingerprint density at radius 1 is 0.893 bits per heavy atom. The van der Waals surface area contributed by atoms with Crippen LogP contribution in [0.1, 0.15) is 43.0 Å². The SMILES string of the molecule is Cc1cc(C(C)(C)C)cc(Pc2c(C)cccc2/C=N/c2ccccc2)c1O. The number of hydrogen-bond acceptors (Lipinski definition) is 2. The van der Waals surface area contributed by atoms with Gasteiger partial charge < -0.3 is 5.11 Å². The number of para-hydroxylation sites is 1. The molecule has 0 spiro atoms. The van der Waals surface area contributed by atoms with Crippen molar-refractivity contribution < 1.29 is 5.11 Å². The Bertz CT molecular complexity index is 1000. The lowest BCUT2D eigenvalue weighted by Crippen LogP contribution is -2.17. The predicted molar refractivity (Wildman–Crippen MR) is 124 cm³/mol. The quantitative estimate of drug-likeness (QED) is 0.451. The van der Waals surface area contributed by atoms with E-state index in [9.17, 15) is 5.11 Å². The maximum Gasteiger partial charge on any atom is 0.126 e. The van der Waals surface area contributed by atoms with Crippen molar-refractivity contribution in [1.82, 2.24) is 0 Å². The highest BCUT2D eigenvalue weighted by atomic mass is 31.1. The second kappa shape index (κ2) is 8.29. The summed E-state index contributed by atoms with van der Waals surface area (Å²) in [4.78, 5) is 4.63. The van der Waals surface area contributed by atoms with Crippen LogP contribution in [-0.4, -0.2) is 11.3 Å². The number of aliphatic imine (C=N–C) groups is 1. The monoisotopic (exact) mass is 389 g/mol. The van der Waals surface area contributed by atoms with Gasteiger partial charge >= 0.3 is 0 Å². The predicted octanol–water partition coefficient (Wildman–Crippen LogP) is 5.69. The molecule has 0 saturated carbocycles. The van der Waals surface area contributed by atoms with E-state index in [0.29, 0.717) is 14.3 Å². The molecule has 3 aromatic carbocycles. The fourth-order valence-corrected chi connectivity index (χ4v) is 4.45. The van der Waals surface area contributed by atoms with Crippen LogP contribution >= 0.6 is 8.58 Å². The second-order valence-electron chi connectivity index (χ2n) is 8.20. The summed E-state index contributed by atoms with van der Waals surface area (Å²) in [6.07, 6.45) is 1.93. The zero-order valence-electron chi connectivity index (χ0n) is 17.2. The number of aryl methyl sites for hydroxylation is 2. The van der Waals surface area contributed by atoms with Crippen molar-refractivity contribution in [3.8, 4) is 5.75 Å². The van der Waals surface area contributed by atoms with Crippen molar-refractivity contribution >= 4 is 31.1 Å². The van der Waals surface area contributed by atoms with E-state index in [0.717, 1.165) is 22.1 Å². The Morgan fingerprint density at radius 3 is 2.29 bits per heavy atom. The highest BCUT2D eigenvalue weighted by Gasteiger charge is 2.18. The minimum atomic E-state index is 0.0427. The summed E-state index contributed by atoms with van der Waals surface area (Å²) in [5.41, 5.74) is 5.48. The first-order valence-corrected chi connectivity index (χ1v) is 10.6. The summed E-state index contributed by atoms with van der Waals surface area (Å²) in [7, 11) is 0.371. The summed E-state index contributed by atoms with van der Waals surface area (Å²) < 4.78 is 0. The highest BCUT2D eigenvalue weighted by Crippen LogP contribution is 2.30. The third kappa shape index (κ3) is 4.69. The normalized spacial score (nSPS) is 12.3. The maximum absolute atomic E-state index is 10.7. The van der Waals surface area contributed by atoms with E-state index in [1.54, 1.807) is 0 Å². The van der Waals surface area contributed by atoms with Crippen LogP contribution in [0, 0.1) is 13.8 Å². The van der Waals surface area contributed by atoms with Crippen LogP contribution in [0.2, 0.25) is 0 Å². The Morgan fingerprint density at radius 2 is 1.61 bits per heavy atom. The van der Waals surface area contributed by atoms with Crippen LogP contribution in [0.5, 0.6) is 5.75 Å². The zero-order chi connectivity index (χ0) is 20.3. The Hall–Kier alpha value is -2.44. The molecule has 3 aromatic rings. The van der Waals surface area contributed by atoms with Crippen LogP contribution < -0.4 is 10.6 Å². The molecule has 0 fully saturated rings. The summed E-state index contributed by atoms with van der Waals surface area (Å²) in [5, 5.41) is 12.9. The maximum atomic E-state index is 10.7. The smallest absolute Gasteiger partial charge is 0.126 e. The molecule has 0 aromatic heterocycles. The molecule has 0 amide bonds. The molecule has 0 heterocycles. The van der Waals surface area contributed by atoms with Crippen LogP contribution in [0.3, 0.4) is 0 Å². The molecule has 3 rings (SSSR count). The molecular weight excluding hydrogens is 361 g/mol. The standard InChI is InChI=1S/C25H28NOP/c1-17-10-9-11-19(16-26-21-12-7-6-8-13-21)24(17)28-22-15-20(25(3,4)5)14-18(2)23(22)27/h6-16,27-28H,1-5H3/b26-16+. The van der Waals surface area contributed by atoms with E-state index in [1.807, 2.05) is 43.5 Å². The van der Waals surface area contributed by atoms with Gasteiger partial charge in [-0.15, -0.1) is 0 Å². The summed E-state index contributed by atoms with van der Waals surface area (Å²) >= 11 is 0. The number of phenolic OH excluding ortho intramolecular Hbond substituents is 1. The Kier molecular flexibility index (Phi) is 6.01. The van der Waals surface area contributed by atoms with Gasteiger partial charge in [0.15, 0.2) is 0 Å². The van der Waals surface area contributed by atoms with E-state index in [-0.39, 0.29) is 5.41 Å². The first kappa shape index (κ1) is 20.3. The van der Waals surface area contributed by atoms with Gasteiger partial charge in [0.25, 0.3) is 0 Å². The van der Waals surface area contributed by atoms with Gasteiger partial charge in [-0.3, -0.25) is 4.99 Å². The topological polar surface area (TPSA) is 32.6 Å². The average Bonchev–Trinajstić information content (AvgIpc) is 2.65. The van der Waals surface area contributed by atoms with Crippen molar-refractivity contribution in [3.05, 3.63) is 82.9 Å². The van der Waals surface area contributed by atoms with Crippen LogP contribution in [0.25, 0.3) is 0 Å². The van der Waals surface area contributed by atoms with Crippen molar-refractivity contribution in [2.24, 2.45) is 4.99 Å². The highest BCUT2D eigenvalue weighted by molar-refractivity contribution is 7.56. The number of benzene rings is 3. The second-order valence-corrected chi connectivity index (χ2v) is 9.49. The van der Waals surface area contributed by atoms with Gasteiger partial charge in [0, 0.05) is 17.1 Å². The lowest BCUT2D eigenvalue weighted by atomic mass is 9.86. The van der Waals surface area contributed by atoms with Crippen molar-refractivity contribution in [3.63, 3.8) is 0 Å². The van der Waals surface area contributed by atoms with Crippen molar-refractivity contribution in [1.29, 1.82) is 0 Å². The minimum Gasteiger partial charge on any atom is -0.507 e. The third-order valence-corrected chi connectivity index (χ3v) is 6.42. The molecule has 2 nitrogen and oxygen atoms in total. The number of rotatable bonds is 4. The van der Waals surface area contributed by atoms with E-state index < -0.39 is 0 Å². The lowest BCUT2D eigenvalue weighted by Gasteiger charge is -2.22. The van der Waals surface area contributed by atoms with Crippen molar-refractivity contribution in [2.45, 2.75) is 40.0 Å². The molecule has 1 N–H and O–H groups in total. The van der Waals surface area contributed by atoms with E-state index in [2.05, 4.69) is 63.0 Å². The number of nitrogens with zero attached hydrogens (tertiary/aromatic N) is 1. The van der Waals surface area contributed by atoms with Gasteiger partial charge in [0.1, 0.15) is 5.75 Å². The van der Waals surface area contributed by atoms with E-state index in [1.165, 1.54) is 16.4 Å². The molecule has 28 heavy (non-hydrogen) atoms. The van der Waals surface area contributed by atoms with E-state index >= 15 is 0 Å². The van der Waals surface area contributed by atoms with Gasteiger partial charge in [-0.05, 0) is 59.5 Å². The van der Waals surface area contributed by atoms with Crippen LogP contribution in [0.15, 0.2) is 65.7 Å². The third-order valence-electron chi connectivity index (χ3n) is 4.84. The Labute approximate surface area is 170 Å². The molecule has 1 unspecified atom stereocenters. The fraction of sp³-hybridized carbons (Fsp3) is 0.240. The number of phenols is 1. The zero-order valence-corrected chi connectivity index (χ0v) is 18.2. The van der Waals surface area contributed by atoms with Crippen LogP contribution in [-0.2, 0) is 5.41 Å². The molecule has 3 heteroatoms. The fourth-order valence-electron chi connectivity index (χ4n) is 3.07. The summed E-state index contributed by atoms with van der Waals surface area (Å²) in [5.74, 6) is 0.403. The largest absolute Gasteiger partial charge is 0.507 e. The van der Waals surface area contributed by atoms with Gasteiger partial charge in [-0.1, -0.05) is 71.8 Å². The summed E-state index contributed by atoms with van der Waals surface area (Å²) in [6.45, 7) is 10.7. The first-order valence-electron chi connectivity index (χ1n) is 9.55. The molecule has 0 aliphatic heterocycles. The molecule has 1 atom stereocenters. The molecule has 0 aliphatic carbocycles. The van der Waals surface area contributed by atoms with Crippen LogP contribution in [0.4, 0.5) is 5.69 Å². The first-order chi connectivity index (χ1) is 13.3. The molecule has 0 bridgehead atoms. The minimum absolute atomic E-state index is 0.0427. The van der Waals surface area contributed by atoms with E-state index in [4.69, 9.17) is 0 Å². The van der Waals surface area contributed by atoms with Gasteiger partial charge in [0.2, 0.25) is 0 Å². The molecule has 144 valence electrons. The summed E-state index contributed by atoms with van der Waals surface area (Å²) in [6, 6.07) is 20.5. The van der Waals surface area contributed by atoms with Crippen molar-refractivity contribution in [2.75, 3.05) is 0 Å².